The Bertz CT molecular complexity index is 453. The second-order valence-corrected chi connectivity index (χ2v) is 4.44. The maximum absolute atomic E-state index is 11.2. The Kier molecular flexibility index (Phi) is 3.31. The van der Waals surface area contributed by atoms with Gasteiger partial charge in [-0.25, -0.2) is 0 Å². The van der Waals surface area contributed by atoms with Gasteiger partial charge in [-0.1, -0.05) is 30.3 Å². The highest BCUT2D eigenvalue weighted by atomic mass is 32.1. The number of carbonyl (C=O) groups is 1. The highest BCUT2D eigenvalue weighted by molar-refractivity contribution is 7.09. The van der Waals surface area contributed by atoms with E-state index in [1.165, 1.54) is 11.3 Å². The van der Waals surface area contributed by atoms with E-state index in [2.05, 4.69) is 4.98 Å². The van der Waals surface area contributed by atoms with E-state index in [4.69, 9.17) is 0 Å². The van der Waals surface area contributed by atoms with Gasteiger partial charge in [-0.05, 0) is 5.56 Å². The van der Waals surface area contributed by atoms with E-state index in [9.17, 15) is 9.90 Å². The third-order valence-corrected chi connectivity index (χ3v) is 3.19. The number of rotatable bonds is 4. The molecule has 0 fully saturated rings. The largest absolute Gasteiger partial charge is 0.481 e. The first-order chi connectivity index (χ1) is 7.77. The highest BCUT2D eigenvalue weighted by Crippen LogP contribution is 2.22. The molecule has 1 N–H and O–H groups in total. The van der Waals surface area contributed by atoms with Gasteiger partial charge in [-0.15, -0.1) is 11.3 Å². The molecule has 2 rings (SSSR count). The second kappa shape index (κ2) is 4.90. The average molecular weight is 233 g/mol. The van der Waals surface area contributed by atoms with Crippen LogP contribution in [0.3, 0.4) is 0 Å². The lowest BCUT2D eigenvalue weighted by Gasteiger charge is -2.10. The molecule has 1 unspecified atom stereocenters. The lowest BCUT2D eigenvalue weighted by molar-refractivity contribution is -0.138. The summed E-state index contributed by atoms with van der Waals surface area (Å²) < 4.78 is 0. The number of aromatic nitrogens is 1. The van der Waals surface area contributed by atoms with Gasteiger partial charge in [0.1, 0.15) is 0 Å². The summed E-state index contributed by atoms with van der Waals surface area (Å²) in [5.41, 5.74) is 2.56. The van der Waals surface area contributed by atoms with Crippen LogP contribution < -0.4 is 0 Å². The number of carboxylic acid groups (broad SMARTS) is 1. The zero-order chi connectivity index (χ0) is 11.4. The van der Waals surface area contributed by atoms with Crippen molar-refractivity contribution in [3.63, 3.8) is 0 Å². The number of thiazole rings is 1. The Labute approximate surface area is 97.4 Å². The van der Waals surface area contributed by atoms with Crippen LogP contribution in [0.4, 0.5) is 0 Å². The minimum atomic E-state index is -0.792. The van der Waals surface area contributed by atoms with E-state index >= 15 is 0 Å². The van der Waals surface area contributed by atoms with Gasteiger partial charge in [0.2, 0.25) is 0 Å². The van der Waals surface area contributed by atoms with Crippen LogP contribution >= 0.6 is 11.3 Å². The number of aliphatic carboxylic acids is 1. The molecule has 0 amide bonds. The monoisotopic (exact) mass is 233 g/mol. The highest BCUT2D eigenvalue weighted by Gasteiger charge is 2.20. The SMILES string of the molecule is O=C(O)C(Cc1cncs1)c1ccccc1. The number of nitrogens with zero attached hydrogens (tertiary/aromatic N) is 1. The molecule has 0 bridgehead atoms. The molecule has 1 aromatic carbocycles. The fourth-order valence-corrected chi connectivity index (χ4v) is 2.22. The Morgan fingerprint density at radius 2 is 2.12 bits per heavy atom. The van der Waals surface area contributed by atoms with Gasteiger partial charge in [0, 0.05) is 17.5 Å². The van der Waals surface area contributed by atoms with E-state index in [0.717, 1.165) is 10.4 Å². The van der Waals surface area contributed by atoms with Crippen LogP contribution in [-0.2, 0) is 11.2 Å². The standard InChI is InChI=1S/C12H11NO2S/c14-12(15)11(6-10-7-13-8-16-10)9-4-2-1-3-5-9/h1-5,7-8,11H,6H2,(H,14,15). The van der Waals surface area contributed by atoms with E-state index in [-0.39, 0.29) is 0 Å². The predicted molar refractivity (Wildman–Crippen MR) is 62.6 cm³/mol. The molecular formula is C12H11NO2S. The molecule has 1 atom stereocenters. The molecule has 0 aliphatic carbocycles. The molecule has 2 aromatic rings. The normalized spacial score (nSPS) is 12.2. The summed E-state index contributed by atoms with van der Waals surface area (Å²) in [7, 11) is 0. The molecule has 1 heterocycles. The fraction of sp³-hybridized carbons (Fsp3) is 0.167. The van der Waals surface area contributed by atoms with Crippen molar-refractivity contribution in [1.82, 2.24) is 4.98 Å². The molecular weight excluding hydrogens is 222 g/mol. The first-order valence-corrected chi connectivity index (χ1v) is 5.80. The van der Waals surface area contributed by atoms with E-state index in [0.29, 0.717) is 6.42 Å². The van der Waals surface area contributed by atoms with Crippen molar-refractivity contribution in [1.29, 1.82) is 0 Å². The van der Waals surface area contributed by atoms with Gasteiger partial charge in [0.05, 0.1) is 11.4 Å². The molecule has 4 heteroatoms. The first kappa shape index (κ1) is 10.8. The predicted octanol–water partition coefficient (Wildman–Crippen LogP) is 2.55. The lowest BCUT2D eigenvalue weighted by atomic mass is 9.95. The lowest BCUT2D eigenvalue weighted by Crippen LogP contribution is -2.13. The maximum atomic E-state index is 11.2. The van der Waals surface area contributed by atoms with Crippen LogP contribution in [0.5, 0.6) is 0 Å². The maximum Gasteiger partial charge on any atom is 0.311 e. The Morgan fingerprint density at radius 3 is 2.69 bits per heavy atom. The van der Waals surface area contributed by atoms with Crippen molar-refractivity contribution in [3.8, 4) is 0 Å². The van der Waals surface area contributed by atoms with Crippen molar-refractivity contribution in [3.05, 3.63) is 52.5 Å². The smallest absolute Gasteiger partial charge is 0.311 e. The zero-order valence-electron chi connectivity index (χ0n) is 8.54. The van der Waals surface area contributed by atoms with E-state index in [1.54, 1.807) is 11.7 Å². The Balaban J connectivity index is 2.22. The van der Waals surface area contributed by atoms with Crippen LogP contribution in [0.1, 0.15) is 16.4 Å². The molecule has 1 aromatic heterocycles. The van der Waals surface area contributed by atoms with Gasteiger partial charge in [-0.2, -0.15) is 0 Å². The molecule has 0 saturated carbocycles. The number of hydrogen-bond acceptors (Lipinski definition) is 3. The Hall–Kier alpha value is -1.68. The van der Waals surface area contributed by atoms with Crippen LogP contribution in [0, 0.1) is 0 Å². The number of carboxylic acids is 1. The van der Waals surface area contributed by atoms with Gasteiger partial charge in [0.25, 0.3) is 0 Å². The van der Waals surface area contributed by atoms with E-state index in [1.807, 2.05) is 30.3 Å². The van der Waals surface area contributed by atoms with Crippen LogP contribution in [0.25, 0.3) is 0 Å². The van der Waals surface area contributed by atoms with Crippen LogP contribution in [0.15, 0.2) is 42.0 Å². The van der Waals surface area contributed by atoms with Gasteiger partial charge in [-0.3, -0.25) is 9.78 Å². The fourth-order valence-electron chi connectivity index (χ4n) is 1.58. The molecule has 0 saturated heterocycles. The topological polar surface area (TPSA) is 50.2 Å². The third kappa shape index (κ3) is 2.46. The van der Waals surface area contributed by atoms with E-state index < -0.39 is 11.9 Å². The minimum Gasteiger partial charge on any atom is -0.481 e. The summed E-state index contributed by atoms with van der Waals surface area (Å²) in [4.78, 5) is 16.2. The van der Waals surface area contributed by atoms with Gasteiger partial charge in [0.15, 0.2) is 0 Å². The van der Waals surface area contributed by atoms with Crippen molar-refractivity contribution in [2.75, 3.05) is 0 Å². The van der Waals surface area contributed by atoms with Crippen molar-refractivity contribution in [2.24, 2.45) is 0 Å². The Morgan fingerprint density at radius 1 is 1.38 bits per heavy atom. The molecule has 0 radical (unpaired) electrons. The molecule has 82 valence electrons. The quantitative estimate of drug-likeness (QED) is 0.882. The molecule has 0 spiro atoms. The average Bonchev–Trinajstić information content (AvgIpc) is 2.79. The zero-order valence-corrected chi connectivity index (χ0v) is 9.35. The van der Waals surface area contributed by atoms with Crippen molar-refractivity contribution >= 4 is 17.3 Å². The van der Waals surface area contributed by atoms with Gasteiger partial charge >= 0.3 is 5.97 Å². The molecule has 0 aliphatic rings. The molecule has 3 nitrogen and oxygen atoms in total. The summed E-state index contributed by atoms with van der Waals surface area (Å²) in [5, 5.41) is 9.21. The van der Waals surface area contributed by atoms with Crippen molar-refractivity contribution < 1.29 is 9.90 Å². The second-order valence-electron chi connectivity index (χ2n) is 3.47. The third-order valence-electron chi connectivity index (χ3n) is 2.39. The summed E-state index contributed by atoms with van der Waals surface area (Å²) >= 11 is 1.49. The minimum absolute atomic E-state index is 0.485. The first-order valence-electron chi connectivity index (χ1n) is 4.92. The molecule has 0 aliphatic heterocycles. The summed E-state index contributed by atoms with van der Waals surface area (Å²) in [6, 6.07) is 9.30. The number of hydrogen-bond donors (Lipinski definition) is 1. The molecule has 16 heavy (non-hydrogen) atoms. The summed E-state index contributed by atoms with van der Waals surface area (Å²) in [5.74, 6) is -1.28. The van der Waals surface area contributed by atoms with Crippen LogP contribution in [0.2, 0.25) is 0 Å². The summed E-state index contributed by atoms with van der Waals surface area (Å²) in [6.07, 6.45) is 2.23. The van der Waals surface area contributed by atoms with Crippen molar-refractivity contribution in [2.45, 2.75) is 12.3 Å². The van der Waals surface area contributed by atoms with Crippen LogP contribution in [-0.4, -0.2) is 16.1 Å². The summed E-state index contributed by atoms with van der Waals surface area (Å²) in [6.45, 7) is 0. The van der Waals surface area contributed by atoms with Gasteiger partial charge < -0.3 is 5.11 Å². The number of benzene rings is 1.